The fraction of sp³-hybridized carbons (Fsp3) is 0.700. The van der Waals surface area contributed by atoms with E-state index in [0.717, 1.165) is 0 Å². The summed E-state index contributed by atoms with van der Waals surface area (Å²) in [6.07, 6.45) is -0.288. The second-order valence-electron chi connectivity index (χ2n) is 4.58. The SMILES string of the molecule is CC1(C(=O)O)COCC1NC(=O)C(N)CC(N)=O. The summed E-state index contributed by atoms with van der Waals surface area (Å²) in [6, 6.07) is -1.76. The van der Waals surface area contributed by atoms with E-state index >= 15 is 0 Å². The quantitative estimate of drug-likeness (QED) is 0.440. The van der Waals surface area contributed by atoms with Crippen LogP contribution in [0.5, 0.6) is 0 Å². The van der Waals surface area contributed by atoms with Crippen LogP contribution in [-0.2, 0) is 19.1 Å². The highest BCUT2D eigenvalue weighted by molar-refractivity contribution is 5.88. The standard InChI is InChI=1S/C10H17N3O5/c1-10(9(16)17)4-18-3-6(10)13-8(15)5(11)2-7(12)14/h5-6H,2-4,11H2,1H3,(H2,12,14)(H,13,15)(H,16,17). The van der Waals surface area contributed by atoms with E-state index < -0.39 is 35.3 Å². The molecule has 1 rings (SSSR count). The van der Waals surface area contributed by atoms with Crippen LogP contribution in [0.25, 0.3) is 0 Å². The molecule has 0 aromatic carbocycles. The van der Waals surface area contributed by atoms with Crippen LogP contribution in [0, 0.1) is 5.41 Å². The molecule has 18 heavy (non-hydrogen) atoms. The van der Waals surface area contributed by atoms with Gasteiger partial charge in [-0.1, -0.05) is 0 Å². The molecule has 0 radical (unpaired) electrons. The molecule has 0 aromatic rings. The average molecular weight is 259 g/mol. The molecule has 3 unspecified atom stereocenters. The van der Waals surface area contributed by atoms with Crippen LogP contribution in [0.3, 0.4) is 0 Å². The largest absolute Gasteiger partial charge is 0.481 e. The first-order chi connectivity index (χ1) is 8.27. The number of carboxylic acids is 1. The Labute approximate surface area is 104 Å². The number of nitrogens with two attached hydrogens (primary N) is 2. The van der Waals surface area contributed by atoms with Gasteiger partial charge in [-0.05, 0) is 6.92 Å². The van der Waals surface area contributed by atoms with E-state index in [9.17, 15) is 14.4 Å². The van der Waals surface area contributed by atoms with Gasteiger partial charge in [0.1, 0.15) is 5.41 Å². The van der Waals surface area contributed by atoms with Crippen LogP contribution < -0.4 is 16.8 Å². The third kappa shape index (κ3) is 2.96. The summed E-state index contributed by atoms with van der Waals surface area (Å²) < 4.78 is 5.07. The number of carboxylic acid groups (broad SMARTS) is 1. The number of carbonyl (C=O) groups excluding carboxylic acids is 2. The maximum atomic E-state index is 11.7. The first-order valence-corrected chi connectivity index (χ1v) is 5.42. The van der Waals surface area contributed by atoms with Crippen molar-refractivity contribution in [2.45, 2.75) is 25.4 Å². The number of primary amides is 1. The van der Waals surface area contributed by atoms with Crippen molar-refractivity contribution in [2.75, 3.05) is 13.2 Å². The molecule has 102 valence electrons. The molecular weight excluding hydrogens is 242 g/mol. The maximum Gasteiger partial charge on any atom is 0.313 e. The van der Waals surface area contributed by atoms with Crippen LogP contribution in [0.4, 0.5) is 0 Å². The number of hydrogen-bond acceptors (Lipinski definition) is 5. The number of hydrogen-bond donors (Lipinski definition) is 4. The number of ether oxygens (including phenoxy) is 1. The predicted octanol–water partition coefficient (Wildman–Crippen LogP) is -2.20. The second kappa shape index (κ2) is 5.32. The molecule has 8 nitrogen and oxygen atoms in total. The minimum absolute atomic E-state index is 0.0122. The Balaban J connectivity index is 2.64. The van der Waals surface area contributed by atoms with Gasteiger partial charge >= 0.3 is 5.97 Å². The summed E-state index contributed by atoms with van der Waals surface area (Å²) in [5.41, 5.74) is 9.19. The highest BCUT2D eigenvalue weighted by Gasteiger charge is 2.47. The Hall–Kier alpha value is -1.67. The monoisotopic (exact) mass is 259 g/mol. The lowest BCUT2D eigenvalue weighted by atomic mass is 9.85. The fourth-order valence-electron chi connectivity index (χ4n) is 1.67. The molecule has 0 spiro atoms. The van der Waals surface area contributed by atoms with E-state index in [1.165, 1.54) is 6.92 Å². The minimum atomic E-state index is -1.19. The van der Waals surface area contributed by atoms with Crippen molar-refractivity contribution in [3.8, 4) is 0 Å². The van der Waals surface area contributed by atoms with Crippen molar-refractivity contribution >= 4 is 17.8 Å². The van der Waals surface area contributed by atoms with E-state index in [2.05, 4.69) is 5.32 Å². The Kier molecular flexibility index (Phi) is 4.25. The molecule has 6 N–H and O–H groups in total. The lowest BCUT2D eigenvalue weighted by molar-refractivity contribution is -0.149. The van der Waals surface area contributed by atoms with E-state index in [4.69, 9.17) is 21.3 Å². The molecule has 0 aliphatic carbocycles. The summed E-state index contributed by atoms with van der Waals surface area (Å²) in [7, 11) is 0. The maximum absolute atomic E-state index is 11.7. The van der Waals surface area contributed by atoms with Gasteiger partial charge in [0.15, 0.2) is 0 Å². The normalized spacial score (nSPS) is 28.7. The molecule has 0 aromatic heterocycles. The lowest BCUT2D eigenvalue weighted by Gasteiger charge is -2.26. The molecule has 3 atom stereocenters. The lowest BCUT2D eigenvalue weighted by Crippen LogP contribution is -2.54. The smallest absolute Gasteiger partial charge is 0.313 e. The number of rotatable bonds is 5. The van der Waals surface area contributed by atoms with E-state index in [1.807, 2.05) is 0 Å². The van der Waals surface area contributed by atoms with Gasteiger partial charge in [-0.2, -0.15) is 0 Å². The molecule has 1 heterocycles. The van der Waals surface area contributed by atoms with Gasteiger partial charge in [0.25, 0.3) is 0 Å². The van der Waals surface area contributed by atoms with E-state index in [-0.39, 0.29) is 19.6 Å². The molecule has 2 amide bonds. The zero-order valence-corrected chi connectivity index (χ0v) is 10.0. The van der Waals surface area contributed by atoms with Gasteiger partial charge in [0.2, 0.25) is 11.8 Å². The third-order valence-electron chi connectivity index (χ3n) is 3.02. The first kappa shape index (κ1) is 14.4. The topological polar surface area (TPSA) is 145 Å². The molecule has 0 bridgehead atoms. The average Bonchev–Trinajstić information content (AvgIpc) is 2.60. The summed E-state index contributed by atoms with van der Waals surface area (Å²) in [5.74, 6) is -2.37. The van der Waals surface area contributed by atoms with Gasteiger partial charge in [-0.25, -0.2) is 0 Å². The molecule has 8 heteroatoms. The third-order valence-corrected chi connectivity index (χ3v) is 3.02. The van der Waals surface area contributed by atoms with Crippen molar-refractivity contribution in [1.29, 1.82) is 0 Å². The zero-order valence-electron chi connectivity index (χ0n) is 10.0. The molecule has 1 saturated heterocycles. The minimum Gasteiger partial charge on any atom is -0.481 e. The van der Waals surface area contributed by atoms with Gasteiger partial charge in [-0.3, -0.25) is 14.4 Å². The molecular formula is C10H17N3O5. The first-order valence-electron chi connectivity index (χ1n) is 5.42. The number of aliphatic carboxylic acids is 1. The number of nitrogens with one attached hydrogen (secondary N) is 1. The highest BCUT2D eigenvalue weighted by Crippen LogP contribution is 2.28. The summed E-state index contributed by atoms with van der Waals surface area (Å²) in [6.45, 7) is 1.59. The van der Waals surface area contributed by atoms with Gasteiger partial charge < -0.3 is 26.6 Å². The zero-order chi connectivity index (χ0) is 13.9. The molecule has 1 aliphatic heterocycles. The van der Waals surface area contributed by atoms with Gasteiger partial charge in [0, 0.05) is 0 Å². The van der Waals surface area contributed by atoms with Crippen molar-refractivity contribution in [2.24, 2.45) is 16.9 Å². The second-order valence-corrected chi connectivity index (χ2v) is 4.58. The van der Waals surface area contributed by atoms with Crippen LogP contribution in [-0.4, -0.2) is 48.2 Å². The van der Waals surface area contributed by atoms with Crippen molar-refractivity contribution < 1.29 is 24.2 Å². The van der Waals surface area contributed by atoms with Crippen molar-refractivity contribution in [3.63, 3.8) is 0 Å². The van der Waals surface area contributed by atoms with Crippen LogP contribution in [0.1, 0.15) is 13.3 Å². The number of carbonyl (C=O) groups is 3. The van der Waals surface area contributed by atoms with Crippen LogP contribution >= 0.6 is 0 Å². The Morgan fingerprint density at radius 1 is 1.56 bits per heavy atom. The summed E-state index contributed by atoms with van der Waals surface area (Å²) in [4.78, 5) is 33.4. The predicted molar refractivity (Wildman–Crippen MR) is 60.3 cm³/mol. The number of amides is 2. The molecule has 1 aliphatic rings. The Morgan fingerprint density at radius 3 is 2.67 bits per heavy atom. The van der Waals surface area contributed by atoms with Crippen molar-refractivity contribution in [3.05, 3.63) is 0 Å². The van der Waals surface area contributed by atoms with Crippen molar-refractivity contribution in [1.82, 2.24) is 5.32 Å². The highest BCUT2D eigenvalue weighted by atomic mass is 16.5. The molecule has 1 fully saturated rings. The summed E-state index contributed by atoms with van der Waals surface area (Å²) >= 11 is 0. The van der Waals surface area contributed by atoms with E-state index in [1.54, 1.807) is 0 Å². The van der Waals surface area contributed by atoms with Crippen LogP contribution in [0.2, 0.25) is 0 Å². The van der Waals surface area contributed by atoms with Gasteiger partial charge in [-0.15, -0.1) is 0 Å². The molecule has 0 saturated carbocycles. The van der Waals surface area contributed by atoms with E-state index in [0.29, 0.717) is 0 Å². The fourth-order valence-corrected chi connectivity index (χ4v) is 1.67. The van der Waals surface area contributed by atoms with Crippen LogP contribution in [0.15, 0.2) is 0 Å². The Morgan fingerprint density at radius 2 is 2.17 bits per heavy atom. The van der Waals surface area contributed by atoms with Gasteiger partial charge in [0.05, 0.1) is 31.7 Å². The summed E-state index contributed by atoms with van der Waals surface area (Å²) in [5, 5.41) is 11.6. The Bertz CT molecular complexity index is 373.